The SMILES string of the molecule is CCOC(=O)[C@]1(C)N[C@H](c2ccc(N(C)C)cc2)[C@@H]2C(=O)N(c3cccc(OC)c3)C(=O)[C@@H]21. The lowest BCUT2D eigenvalue weighted by atomic mass is 9.80. The van der Waals surface area contributed by atoms with E-state index >= 15 is 0 Å². The van der Waals surface area contributed by atoms with Crippen LogP contribution in [0, 0.1) is 11.8 Å². The number of hydrogen-bond donors (Lipinski definition) is 1. The van der Waals surface area contributed by atoms with E-state index in [1.807, 2.05) is 43.3 Å². The van der Waals surface area contributed by atoms with Gasteiger partial charge in [0.2, 0.25) is 11.8 Å². The molecule has 2 aromatic carbocycles. The summed E-state index contributed by atoms with van der Waals surface area (Å²) >= 11 is 0. The van der Waals surface area contributed by atoms with Gasteiger partial charge in [-0.25, -0.2) is 4.90 Å². The Labute approximate surface area is 193 Å². The number of ether oxygens (including phenoxy) is 2. The zero-order chi connectivity index (χ0) is 23.9. The number of amides is 2. The first kappa shape index (κ1) is 22.8. The summed E-state index contributed by atoms with van der Waals surface area (Å²) in [5.41, 5.74) is 0.920. The lowest BCUT2D eigenvalue weighted by Crippen LogP contribution is -2.54. The first-order valence-electron chi connectivity index (χ1n) is 11.0. The number of carbonyl (C=O) groups excluding carboxylic acids is 3. The van der Waals surface area contributed by atoms with E-state index < -0.39 is 35.3 Å². The summed E-state index contributed by atoms with van der Waals surface area (Å²) in [6.45, 7) is 3.55. The van der Waals surface area contributed by atoms with Crippen molar-refractivity contribution in [2.45, 2.75) is 25.4 Å². The monoisotopic (exact) mass is 451 g/mol. The molecule has 2 fully saturated rings. The number of imide groups is 1. The van der Waals surface area contributed by atoms with Crippen LogP contribution in [0.2, 0.25) is 0 Å². The largest absolute Gasteiger partial charge is 0.497 e. The number of nitrogens with one attached hydrogen (secondary N) is 1. The smallest absolute Gasteiger partial charge is 0.326 e. The molecule has 2 aromatic rings. The average Bonchev–Trinajstić information content (AvgIpc) is 3.27. The van der Waals surface area contributed by atoms with Crippen LogP contribution in [0.4, 0.5) is 11.4 Å². The summed E-state index contributed by atoms with van der Waals surface area (Å²) in [4.78, 5) is 43.5. The van der Waals surface area contributed by atoms with Crippen LogP contribution in [0.5, 0.6) is 5.75 Å². The highest BCUT2D eigenvalue weighted by Crippen LogP contribution is 2.50. The molecular formula is C25H29N3O5. The van der Waals surface area contributed by atoms with E-state index in [2.05, 4.69) is 5.32 Å². The number of benzene rings is 2. The van der Waals surface area contributed by atoms with Crippen LogP contribution in [-0.2, 0) is 19.1 Å². The lowest BCUT2D eigenvalue weighted by molar-refractivity contribution is -0.153. The molecule has 8 heteroatoms. The third-order valence-electron chi connectivity index (χ3n) is 6.57. The molecule has 0 radical (unpaired) electrons. The van der Waals surface area contributed by atoms with E-state index in [1.165, 1.54) is 12.0 Å². The topological polar surface area (TPSA) is 88.2 Å². The minimum absolute atomic E-state index is 0.178. The molecule has 2 heterocycles. The molecule has 33 heavy (non-hydrogen) atoms. The molecule has 2 saturated heterocycles. The van der Waals surface area contributed by atoms with Gasteiger partial charge in [0.05, 0.1) is 31.2 Å². The molecule has 8 nitrogen and oxygen atoms in total. The number of anilines is 2. The molecule has 4 atom stereocenters. The number of fused-ring (bicyclic) bond motifs is 1. The van der Waals surface area contributed by atoms with Gasteiger partial charge in [-0.1, -0.05) is 18.2 Å². The van der Waals surface area contributed by atoms with Crippen molar-refractivity contribution in [3.05, 3.63) is 54.1 Å². The fourth-order valence-electron chi connectivity index (χ4n) is 4.88. The standard InChI is InChI=1S/C25H29N3O5/c1-6-33-24(31)25(2)20-19(21(26-25)15-10-12-16(13-11-15)27(3)4)22(29)28(23(20)30)17-8-7-9-18(14-17)32-5/h7-14,19-21,26H,6H2,1-5H3/t19-,20-,21-,25-/m1/s1. The average molecular weight is 452 g/mol. The van der Waals surface area contributed by atoms with E-state index in [0.717, 1.165) is 11.3 Å². The zero-order valence-electron chi connectivity index (χ0n) is 19.5. The van der Waals surface area contributed by atoms with Gasteiger partial charge < -0.3 is 14.4 Å². The van der Waals surface area contributed by atoms with Crippen molar-refractivity contribution in [1.29, 1.82) is 0 Å². The molecule has 174 valence electrons. The van der Waals surface area contributed by atoms with Crippen LogP contribution in [-0.4, -0.2) is 51.1 Å². The number of esters is 1. The van der Waals surface area contributed by atoms with Crippen molar-refractivity contribution in [3.63, 3.8) is 0 Å². The Morgan fingerprint density at radius 3 is 2.42 bits per heavy atom. The Bertz CT molecular complexity index is 1080. The minimum atomic E-state index is -1.34. The third kappa shape index (κ3) is 3.64. The number of hydrogen-bond acceptors (Lipinski definition) is 7. The van der Waals surface area contributed by atoms with Crippen molar-refractivity contribution in [2.24, 2.45) is 11.8 Å². The fraction of sp³-hybridized carbons (Fsp3) is 0.400. The van der Waals surface area contributed by atoms with Crippen LogP contribution in [0.25, 0.3) is 0 Å². The maximum absolute atomic E-state index is 13.7. The molecule has 2 amide bonds. The number of carbonyl (C=O) groups is 3. The Morgan fingerprint density at radius 1 is 1.12 bits per heavy atom. The highest BCUT2D eigenvalue weighted by Gasteiger charge is 2.67. The van der Waals surface area contributed by atoms with Crippen molar-refractivity contribution < 1.29 is 23.9 Å². The molecular weight excluding hydrogens is 422 g/mol. The van der Waals surface area contributed by atoms with Gasteiger partial charge in [-0.3, -0.25) is 19.7 Å². The number of methoxy groups -OCH3 is 1. The summed E-state index contributed by atoms with van der Waals surface area (Å²) in [7, 11) is 5.42. The maximum atomic E-state index is 13.7. The molecule has 0 bridgehead atoms. The van der Waals surface area contributed by atoms with Gasteiger partial charge in [0.1, 0.15) is 11.3 Å². The zero-order valence-corrected chi connectivity index (χ0v) is 19.5. The first-order valence-corrected chi connectivity index (χ1v) is 11.0. The van der Waals surface area contributed by atoms with E-state index in [1.54, 1.807) is 38.1 Å². The van der Waals surface area contributed by atoms with Crippen LogP contribution < -0.4 is 19.9 Å². The van der Waals surface area contributed by atoms with E-state index in [0.29, 0.717) is 11.4 Å². The molecule has 0 saturated carbocycles. The Balaban J connectivity index is 1.79. The van der Waals surface area contributed by atoms with Crippen molar-refractivity contribution >= 4 is 29.2 Å². The second-order valence-corrected chi connectivity index (χ2v) is 8.75. The Hall–Kier alpha value is -3.39. The first-order chi connectivity index (χ1) is 15.7. The number of rotatable bonds is 6. The molecule has 0 aliphatic carbocycles. The quantitative estimate of drug-likeness (QED) is 0.533. The predicted octanol–water partition coefficient (Wildman–Crippen LogP) is 2.53. The van der Waals surface area contributed by atoms with Gasteiger partial charge in [0.25, 0.3) is 0 Å². The highest BCUT2D eigenvalue weighted by atomic mass is 16.5. The normalized spacial score (nSPS) is 26.3. The van der Waals surface area contributed by atoms with Gasteiger partial charge in [-0.05, 0) is 43.7 Å². The van der Waals surface area contributed by atoms with Crippen molar-refractivity contribution in [2.75, 3.05) is 37.6 Å². The van der Waals surface area contributed by atoms with Gasteiger partial charge in [-0.2, -0.15) is 0 Å². The molecule has 0 spiro atoms. The molecule has 1 N–H and O–H groups in total. The lowest BCUT2D eigenvalue weighted by Gasteiger charge is -2.29. The summed E-state index contributed by atoms with van der Waals surface area (Å²) in [5.74, 6) is -2.42. The predicted molar refractivity (Wildman–Crippen MR) is 124 cm³/mol. The van der Waals surface area contributed by atoms with E-state index in [-0.39, 0.29) is 12.5 Å². The van der Waals surface area contributed by atoms with Gasteiger partial charge >= 0.3 is 5.97 Å². The second kappa shape index (κ2) is 8.51. The summed E-state index contributed by atoms with van der Waals surface area (Å²) < 4.78 is 10.6. The molecule has 4 rings (SSSR count). The summed E-state index contributed by atoms with van der Waals surface area (Å²) in [5, 5.41) is 3.29. The molecule has 0 aromatic heterocycles. The van der Waals surface area contributed by atoms with Crippen molar-refractivity contribution in [1.82, 2.24) is 5.32 Å². The third-order valence-corrected chi connectivity index (χ3v) is 6.57. The van der Waals surface area contributed by atoms with E-state index in [9.17, 15) is 14.4 Å². The summed E-state index contributed by atoms with van der Waals surface area (Å²) in [6, 6.07) is 14.0. The van der Waals surface area contributed by atoms with Crippen LogP contribution in [0.1, 0.15) is 25.5 Å². The van der Waals surface area contributed by atoms with Crippen LogP contribution in [0.15, 0.2) is 48.5 Å². The Morgan fingerprint density at radius 2 is 1.82 bits per heavy atom. The number of nitrogens with zero attached hydrogens (tertiary/aromatic N) is 2. The minimum Gasteiger partial charge on any atom is -0.497 e. The Kier molecular flexibility index (Phi) is 5.88. The highest BCUT2D eigenvalue weighted by molar-refractivity contribution is 6.24. The van der Waals surface area contributed by atoms with Crippen LogP contribution in [0.3, 0.4) is 0 Å². The molecule has 0 unspecified atom stereocenters. The van der Waals surface area contributed by atoms with Gasteiger partial charge in [-0.15, -0.1) is 0 Å². The molecule has 2 aliphatic rings. The van der Waals surface area contributed by atoms with Crippen LogP contribution >= 0.6 is 0 Å². The van der Waals surface area contributed by atoms with Gasteiger partial charge in [0, 0.05) is 31.9 Å². The van der Waals surface area contributed by atoms with E-state index in [4.69, 9.17) is 9.47 Å². The maximum Gasteiger partial charge on any atom is 0.326 e. The van der Waals surface area contributed by atoms with Crippen molar-refractivity contribution in [3.8, 4) is 5.75 Å². The fourth-order valence-corrected chi connectivity index (χ4v) is 4.88. The second-order valence-electron chi connectivity index (χ2n) is 8.75. The summed E-state index contributed by atoms with van der Waals surface area (Å²) in [6.07, 6.45) is 0. The van der Waals surface area contributed by atoms with Gasteiger partial charge in [0.15, 0.2) is 0 Å². The molecule has 2 aliphatic heterocycles.